The number of hydrogen-bond acceptors (Lipinski definition) is 2. The molecule has 1 amide bonds. The van der Waals surface area contributed by atoms with Crippen molar-refractivity contribution in [2.24, 2.45) is 5.73 Å². The second-order valence-corrected chi connectivity index (χ2v) is 3.10. The number of amides is 1. The van der Waals surface area contributed by atoms with E-state index in [1.54, 1.807) is 6.92 Å². The van der Waals surface area contributed by atoms with Crippen molar-refractivity contribution >= 4 is 5.91 Å². The summed E-state index contributed by atoms with van der Waals surface area (Å²) < 4.78 is 0. The largest absolute Gasteiger partial charge is 0.343 e. The quantitative estimate of drug-likeness (QED) is 0.713. The standard InChI is InChI=1S/C12H14N2O/c1-2-6-12(15)14-9-11(13)10-7-4-3-5-8-10/h3-5,7-8,11H,9,13H2,1H3,(H,14,15). The Balaban J connectivity index is 2.46. The summed E-state index contributed by atoms with van der Waals surface area (Å²) in [7, 11) is 0. The molecule has 1 rings (SSSR count). The second-order valence-electron chi connectivity index (χ2n) is 3.10. The van der Waals surface area contributed by atoms with Crippen LogP contribution in [0, 0.1) is 11.8 Å². The fourth-order valence-corrected chi connectivity index (χ4v) is 1.18. The van der Waals surface area contributed by atoms with Gasteiger partial charge >= 0.3 is 0 Å². The lowest BCUT2D eigenvalue weighted by Gasteiger charge is -2.11. The van der Waals surface area contributed by atoms with E-state index in [2.05, 4.69) is 17.2 Å². The Hall–Kier alpha value is -1.79. The first-order chi connectivity index (χ1) is 7.24. The van der Waals surface area contributed by atoms with Crippen LogP contribution >= 0.6 is 0 Å². The zero-order valence-electron chi connectivity index (χ0n) is 8.66. The van der Waals surface area contributed by atoms with Crippen LogP contribution in [0.5, 0.6) is 0 Å². The summed E-state index contributed by atoms with van der Waals surface area (Å²) in [5.74, 6) is 4.64. The molecule has 0 bridgehead atoms. The maximum absolute atomic E-state index is 11.0. The van der Waals surface area contributed by atoms with Crippen molar-refractivity contribution in [2.75, 3.05) is 6.54 Å². The monoisotopic (exact) mass is 202 g/mol. The minimum atomic E-state index is -0.288. The maximum Gasteiger partial charge on any atom is 0.295 e. The Morgan fingerprint density at radius 3 is 2.73 bits per heavy atom. The first-order valence-electron chi connectivity index (χ1n) is 4.75. The van der Waals surface area contributed by atoms with Crippen molar-refractivity contribution in [3.63, 3.8) is 0 Å². The van der Waals surface area contributed by atoms with Crippen molar-refractivity contribution in [2.45, 2.75) is 13.0 Å². The molecule has 1 unspecified atom stereocenters. The first-order valence-corrected chi connectivity index (χ1v) is 4.75. The highest BCUT2D eigenvalue weighted by atomic mass is 16.1. The smallest absolute Gasteiger partial charge is 0.295 e. The lowest BCUT2D eigenvalue weighted by atomic mass is 10.1. The predicted octanol–water partition coefficient (Wildman–Crippen LogP) is 0.826. The van der Waals surface area contributed by atoms with E-state index in [4.69, 9.17) is 5.73 Å². The minimum absolute atomic E-state index is 0.186. The summed E-state index contributed by atoms with van der Waals surface area (Å²) in [6.45, 7) is 2.02. The number of nitrogens with one attached hydrogen (secondary N) is 1. The van der Waals surface area contributed by atoms with Crippen molar-refractivity contribution in [3.05, 3.63) is 35.9 Å². The molecule has 3 heteroatoms. The van der Waals surface area contributed by atoms with Gasteiger partial charge in [0.15, 0.2) is 0 Å². The number of carbonyl (C=O) groups excluding carboxylic acids is 1. The van der Waals surface area contributed by atoms with Crippen molar-refractivity contribution in [1.29, 1.82) is 0 Å². The SMILES string of the molecule is CC#CC(=O)NCC(N)c1ccccc1. The average Bonchev–Trinajstić information content (AvgIpc) is 2.27. The fraction of sp³-hybridized carbons (Fsp3) is 0.250. The molecule has 0 aliphatic heterocycles. The van der Waals surface area contributed by atoms with Crippen LogP contribution in [0.25, 0.3) is 0 Å². The molecule has 3 N–H and O–H groups in total. The summed E-state index contributed by atoms with van der Waals surface area (Å²) in [5.41, 5.74) is 6.88. The third-order valence-corrected chi connectivity index (χ3v) is 1.95. The molecule has 1 aromatic carbocycles. The van der Waals surface area contributed by atoms with Gasteiger partial charge in [-0.05, 0) is 18.4 Å². The predicted molar refractivity (Wildman–Crippen MR) is 59.8 cm³/mol. The lowest BCUT2D eigenvalue weighted by Crippen LogP contribution is -2.30. The fourth-order valence-electron chi connectivity index (χ4n) is 1.18. The maximum atomic E-state index is 11.0. The van der Waals surface area contributed by atoms with Gasteiger partial charge in [-0.3, -0.25) is 4.79 Å². The molecule has 0 aromatic heterocycles. The van der Waals surface area contributed by atoms with Crippen LogP contribution in [-0.2, 0) is 4.79 Å². The van der Waals surface area contributed by atoms with E-state index in [0.717, 1.165) is 5.56 Å². The lowest BCUT2D eigenvalue weighted by molar-refractivity contribution is -0.115. The van der Waals surface area contributed by atoms with Gasteiger partial charge in [0.1, 0.15) is 0 Å². The number of carbonyl (C=O) groups is 1. The van der Waals surface area contributed by atoms with Crippen molar-refractivity contribution in [3.8, 4) is 11.8 Å². The Bertz CT molecular complexity index is 376. The molecule has 0 spiro atoms. The van der Waals surface area contributed by atoms with Gasteiger partial charge in [-0.15, -0.1) is 0 Å². The summed E-state index contributed by atoms with van der Waals surface area (Å²) in [6.07, 6.45) is 0. The highest BCUT2D eigenvalue weighted by molar-refractivity contribution is 5.93. The number of benzene rings is 1. The Morgan fingerprint density at radius 1 is 1.47 bits per heavy atom. The topological polar surface area (TPSA) is 55.1 Å². The summed E-state index contributed by atoms with van der Waals surface area (Å²) in [5, 5.41) is 2.64. The molecule has 1 atom stereocenters. The van der Waals surface area contributed by atoms with Gasteiger partial charge in [-0.1, -0.05) is 36.3 Å². The molecule has 3 nitrogen and oxygen atoms in total. The normalized spacial score (nSPS) is 11.1. The van der Waals surface area contributed by atoms with Crippen LogP contribution in [0.15, 0.2) is 30.3 Å². The number of rotatable bonds is 3. The van der Waals surface area contributed by atoms with Crippen molar-refractivity contribution in [1.82, 2.24) is 5.32 Å². The van der Waals surface area contributed by atoms with Gasteiger partial charge in [0.05, 0.1) is 0 Å². The van der Waals surface area contributed by atoms with Crippen LogP contribution in [0.2, 0.25) is 0 Å². The van der Waals surface area contributed by atoms with Gasteiger partial charge in [0, 0.05) is 12.6 Å². The second kappa shape index (κ2) is 5.84. The summed E-state index contributed by atoms with van der Waals surface area (Å²) in [4.78, 5) is 11.0. The molecule has 0 heterocycles. The van der Waals surface area contributed by atoms with E-state index in [0.29, 0.717) is 6.54 Å². The Labute approximate surface area is 89.7 Å². The van der Waals surface area contributed by atoms with E-state index in [1.807, 2.05) is 30.3 Å². The number of nitrogens with two attached hydrogens (primary N) is 1. The van der Waals surface area contributed by atoms with E-state index in [9.17, 15) is 4.79 Å². The Morgan fingerprint density at radius 2 is 2.13 bits per heavy atom. The van der Waals surface area contributed by atoms with Crippen LogP contribution in [0.4, 0.5) is 0 Å². The molecule has 15 heavy (non-hydrogen) atoms. The van der Waals surface area contributed by atoms with E-state index in [1.165, 1.54) is 0 Å². The van der Waals surface area contributed by atoms with Crippen LogP contribution in [-0.4, -0.2) is 12.5 Å². The van der Waals surface area contributed by atoms with E-state index >= 15 is 0 Å². The molecule has 0 aliphatic carbocycles. The van der Waals surface area contributed by atoms with Gasteiger partial charge in [0.2, 0.25) is 0 Å². The third kappa shape index (κ3) is 3.84. The summed E-state index contributed by atoms with van der Waals surface area (Å²) in [6, 6.07) is 9.45. The van der Waals surface area contributed by atoms with Crippen molar-refractivity contribution < 1.29 is 4.79 Å². The molecule has 0 radical (unpaired) electrons. The molecule has 0 fully saturated rings. The molecule has 0 saturated carbocycles. The highest BCUT2D eigenvalue weighted by Crippen LogP contribution is 2.07. The molecule has 0 saturated heterocycles. The first kappa shape index (κ1) is 11.3. The molecule has 78 valence electrons. The third-order valence-electron chi connectivity index (χ3n) is 1.95. The number of hydrogen-bond donors (Lipinski definition) is 2. The van der Waals surface area contributed by atoms with E-state index in [-0.39, 0.29) is 11.9 Å². The summed E-state index contributed by atoms with van der Waals surface area (Å²) >= 11 is 0. The molecule has 1 aromatic rings. The van der Waals surface area contributed by atoms with Gasteiger partial charge < -0.3 is 11.1 Å². The van der Waals surface area contributed by atoms with Gasteiger partial charge in [-0.25, -0.2) is 0 Å². The van der Waals surface area contributed by atoms with Gasteiger partial charge in [-0.2, -0.15) is 0 Å². The van der Waals surface area contributed by atoms with Crippen LogP contribution < -0.4 is 11.1 Å². The van der Waals surface area contributed by atoms with Crippen LogP contribution in [0.1, 0.15) is 18.5 Å². The minimum Gasteiger partial charge on any atom is -0.343 e. The Kier molecular flexibility index (Phi) is 4.39. The average molecular weight is 202 g/mol. The van der Waals surface area contributed by atoms with Crippen LogP contribution in [0.3, 0.4) is 0 Å². The molecule has 0 aliphatic rings. The van der Waals surface area contributed by atoms with Gasteiger partial charge in [0.25, 0.3) is 5.91 Å². The highest BCUT2D eigenvalue weighted by Gasteiger charge is 2.05. The molecular weight excluding hydrogens is 188 g/mol. The zero-order chi connectivity index (χ0) is 11.1. The zero-order valence-corrected chi connectivity index (χ0v) is 8.66. The van der Waals surface area contributed by atoms with E-state index < -0.39 is 0 Å². The molecular formula is C12H14N2O.